The number of imidazole rings is 2. The molecule has 4 aliphatic carbocycles. The summed E-state index contributed by atoms with van der Waals surface area (Å²) in [6, 6.07) is 20.9. The molecule has 4 aromatic heterocycles. The van der Waals surface area contributed by atoms with E-state index in [9.17, 15) is 10.2 Å². The van der Waals surface area contributed by atoms with Crippen molar-refractivity contribution in [1.82, 2.24) is 18.8 Å². The predicted octanol–water partition coefficient (Wildman–Crippen LogP) is 11.7. The molecule has 0 aliphatic heterocycles. The molecule has 0 spiro atoms. The topological polar surface area (TPSA) is 75.1 Å². The predicted molar refractivity (Wildman–Crippen MR) is 217 cm³/mol. The summed E-state index contributed by atoms with van der Waals surface area (Å²) in [5.74, 6) is 2.99. The molecule has 4 heterocycles. The van der Waals surface area contributed by atoms with Crippen LogP contribution in [-0.2, 0) is 0 Å². The van der Waals surface area contributed by atoms with Gasteiger partial charge in [0.05, 0.1) is 48.3 Å². The number of aliphatic hydroxyl groups is 2. The highest BCUT2D eigenvalue weighted by Gasteiger charge is 2.36. The normalized spacial score (nSPS) is 24.2. The first-order valence-electron chi connectivity index (χ1n) is 20.2. The van der Waals surface area contributed by atoms with E-state index in [1.54, 1.807) is 0 Å². The van der Waals surface area contributed by atoms with Crippen LogP contribution in [0.25, 0.3) is 11.0 Å². The third-order valence-corrected chi connectivity index (χ3v) is 13.5. The van der Waals surface area contributed by atoms with Crippen molar-refractivity contribution in [2.45, 2.75) is 113 Å². The second kappa shape index (κ2) is 15.5. The molecule has 4 fully saturated rings. The maximum atomic E-state index is 11.4. The Balaban J connectivity index is 0.000000142. The first-order chi connectivity index (χ1) is 26.4. The number of aromatic nitrogens is 4. The molecular formula is C46H50Cl2N4O2. The standard InChI is InChI=1S/2C23H25ClN2O/c2*24-19-3-1-2-18(12-19)15-4-8-17(9-5-15)23(27)22-20(16-6-7-16)10-11-26-14-25-13-21(22)26/h2*1-3,10-17,23,27H,4-9H2/t2*15?,17?,23-/m10/s1. The van der Waals surface area contributed by atoms with E-state index in [1.807, 2.05) is 58.1 Å². The van der Waals surface area contributed by atoms with Gasteiger partial charge in [0, 0.05) is 33.6 Å². The molecule has 280 valence electrons. The van der Waals surface area contributed by atoms with E-state index in [0.717, 1.165) is 83.6 Å². The van der Waals surface area contributed by atoms with Crippen LogP contribution >= 0.6 is 23.2 Å². The minimum atomic E-state index is -0.402. The SMILES string of the molecule is O[C@@H](c1c(C2CC2)ccn2cncc12)C1CCC(c2cccc(Cl)c2)CC1.O[C@H](c1c(C2CC2)ccn2cncc12)C1CCC(c2cccc(Cl)c2)CC1. The summed E-state index contributed by atoms with van der Waals surface area (Å²) >= 11 is 12.3. The largest absolute Gasteiger partial charge is 0.388 e. The van der Waals surface area contributed by atoms with Crippen molar-refractivity contribution in [2.75, 3.05) is 0 Å². The number of aliphatic hydroxyl groups excluding tert-OH is 2. The molecule has 0 saturated heterocycles. The van der Waals surface area contributed by atoms with Gasteiger partial charge in [-0.1, -0.05) is 47.5 Å². The molecule has 4 aliphatic rings. The monoisotopic (exact) mass is 760 g/mol. The van der Waals surface area contributed by atoms with Crippen LogP contribution in [0.5, 0.6) is 0 Å². The Bertz CT molecular complexity index is 2070. The van der Waals surface area contributed by atoms with Crippen LogP contribution in [0.4, 0.5) is 0 Å². The molecule has 2 aromatic carbocycles. The molecule has 54 heavy (non-hydrogen) atoms. The molecule has 10 rings (SSSR count). The van der Waals surface area contributed by atoms with Crippen molar-refractivity contribution in [1.29, 1.82) is 0 Å². The quantitative estimate of drug-likeness (QED) is 0.162. The zero-order chi connectivity index (χ0) is 36.8. The number of nitrogens with zero attached hydrogens (tertiary/aromatic N) is 4. The van der Waals surface area contributed by atoms with Gasteiger partial charge in [-0.3, -0.25) is 0 Å². The van der Waals surface area contributed by atoms with Crippen LogP contribution in [0.2, 0.25) is 10.0 Å². The minimum absolute atomic E-state index is 0.319. The number of benzene rings is 2. The highest BCUT2D eigenvalue weighted by molar-refractivity contribution is 6.30. The van der Waals surface area contributed by atoms with E-state index in [-0.39, 0.29) is 0 Å². The minimum Gasteiger partial charge on any atom is -0.388 e. The van der Waals surface area contributed by atoms with Crippen LogP contribution in [0.15, 0.2) is 98.1 Å². The van der Waals surface area contributed by atoms with Crippen molar-refractivity contribution in [3.63, 3.8) is 0 Å². The van der Waals surface area contributed by atoms with Crippen molar-refractivity contribution in [2.24, 2.45) is 11.8 Å². The fourth-order valence-corrected chi connectivity index (χ4v) is 10.1. The molecule has 6 nitrogen and oxygen atoms in total. The Kier molecular flexibility index (Phi) is 10.3. The fourth-order valence-electron chi connectivity index (χ4n) is 9.73. The Labute approximate surface area is 328 Å². The van der Waals surface area contributed by atoms with E-state index >= 15 is 0 Å². The Morgan fingerprint density at radius 2 is 0.907 bits per heavy atom. The molecule has 8 heteroatoms. The molecule has 2 N–H and O–H groups in total. The van der Waals surface area contributed by atoms with E-state index in [2.05, 4.69) is 58.8 Å². The highest BCUT2D eigenvalue weighted by Crippen LogP contribution is 2.49. The maximum absolute atomic E-state index is 11.4. The Morgan fingerprint density at radius 3 is 1.28 bits per heavy atom. The third kappa shape index (κ3) is 7.47. The number of rotatable bonds is 8. The van der Waals surface area contributed by atoms with E-state index < -0.39 is 12.2 Å². The average Bonchev–Trinajstić information content (AvgIpc) is 4.14. The van der Waals surface area contributed by atoms with Gasteiger partial charge in [-0.05, 0) is 171 Å². The second-order valence-electron chi connectivity index (χ2n) is 16.5. The van der Waals surface area contributed by atoms with Crippen molar-refractivity contribution < 1.29 is 10.2 Å². The van der Waals surface area contributed by atoms with Gasteiger partial charge >= 0.3 is 0 Å². The number of fused-ring (bicyclic) bond motifs is 2. The van der Waals surface area contributed by atoms with E-state index in [0.29, 0.717) is 35.5 Å². The summed E-state index contributed by atoms with van der Waals surface area (Å²) < 4.78 is 4.09. The molecule has 6 aromatic rings. The van der Waals surface area contributed by atoms with Gasteiger partial charge in [-0.25, -0.2) is 9.97 Å². The maximum Gasteiger partial charge on any atom is 0.0992 e. The Hall–Kier alpha value is -3.68. The fraction of sp³-hybridized carbons (Fsp3) is 0.435. The van der Waals surface area contributed by atoms with Crippen LogP contribution in [0.1, 0.15) is 146 Å². The van der Waals surface area contributed by atoms with Crippen LogP contribution in [0, 0.1) is 11.8 Å². The van der Waals surface area contributed by atoms with Gasteiger partial charge in [-0.2, -0.15) is 0 Å². The molecule has 0 amide bonds. The number of halogens is 2. The summed E-state index contributed by atoms with van der Waals surface area (Å²) in [7, 11) is 0. The average molecular weight is 762 g/mol. The summed E-state index contributed by atoms with van der Waals surface area (Å²) in [4.78, 5) is 8.62. The summed E-state index contributed by atoms with van der Waals surface area (Å²) in [5.41, 5.74) is 9.76. The van der Waals surface area contributed by atoms with Gasteiger partial charge in [0.2, 0.25) is 0 Å². The van der Waals surface area contributed by atoms with Crippen molar-refractivity contribution in [3.05, 3.63) is 142 Å². The first-order valence-corrected chi connectivity index (χ1v) is 20.9. The molecular weight excluding hydrogens is 711 g/mol. The smallest absolute Gasteiger partial charge is 0.0992 e. The van der Waals surface area contributed by atoms with Crippen molar-refractivity contribution in [3.8, 4) is 0 Å². The zero-order valence-corrected chi connectivity index (χ0v) is 32.3. The number of hydrogen-bond donors (Lipinski definition) is 2. The van der Waals surface area contributed by atoms with Crippen LogP contribution < -0.4 is 0 Å². The van der Waals surface area contributed by atoms with Gasteiger partial charge in [0.1, 0.15) is 0 Å². The molecule has 0 unspecified atom stereocenters. The third-order valence-electron chi connectivity index (χ3n) is 13.0. The zero-order valence-electron chi connectivity index (χ0n) is 30.8. The lowest BCUT2D eigenvalue weighted by atomic mass is 9.75. The first kappa shape index (κ1) is 36.0. The summed E-state index contributed by atoms with van der Waals surface area (Å²) in [5, 5.41) is 24.3. The van der Waals surface area contributed by atoms with Gasteiger partial charge in [0.15, 0.2) is 0 Å². The van der Waals surface area contributed by atoms with Gasteiger partial charge in [-0.15, -0.1) is 0 Å². The van der Waals surface area contributed by atoms with Gasteiger partial charge < -0.3 is 19.0 Å². The van der Waals surface area contributed by atoms with Crippen molar-refractivity contribution >= 4 is 34.2 Å². The Morgan fingerprint density at radius 1 is 0.519 bits per heavy atom. The van der Waals surface area contributed by atoms with Crippen LogP contribution in [-0.4, -0.2) is 29.0 Å². The van der Waals surface area contributed by atoms with Crippen LogP contribution in [0.3, 0.4) is 0 Å². The van der Waals surface area contributed by atoms with Gasteiger partial charge in [0.25, 0.3) is 0 Å². The lowest BCUT2D eigenvalue weighted by molar-refractivity contribution is 0.0808. The number of pyridine rings is 2. The van der Waals surface area contributed by atoms with E-state index in [1.165, 1.54) is 47.9 Å². The highest BCUT2D eigenvalue weighted by atomic mass is 35.5. The lowest BCUT2D eigenvalue weighted by Crippen LogP contribution is -2.21. The summed E-state index contributed by atoms with van der Waals surface area (Å²) in [6.45, 7) is 0. The molecule has 0 bridgehead atoms. The second-order valence-corrected chi connectivity index (χ2v) is 17.4. The molecule has 2 atom stereocenters. The molecule has 4 saturated carbocycles. The molecule has 0 radical (unpaired) electrons. The number of hydrogen-bond acceptors (Lipinski definition) is 4. The summed E-state index contributed by atoms with van der Waals surface area (Å²) in [6.07, 6.45) is 24.5. The van der Waals surface area contributed by atoms with E-state index in [4.69, 9.17) is 23.2 Å². The lowest BCUT2D eigenvalue weighted by Gasteiger charge is -2.33.